The molecule has 2 N–H and O–H groups in total. The molecule has 2 atom stereocenters. The Morgan fingerprint density at radius 1 is 1.47 bits per heavy atom. The number of hydrogen-bond donors (Lipinski definition) is 2. The minimum atomic E-state index is 0.638. The molecular weight excluding hydrogens is 238 g/mol. The third-order valence-electron chi connectivity index (χ3n) is 4.22. The van der Waals surface area contributed by atoms with E-state index in [0.29, 0.717) is 12.0 Å². The Kier molecular flexibility index (Phi) is 3.75. The molecule has 0 bridgehead atoms. The van der Waals surface area contributed by atoms with Gasteiger partial charge in [-0.3, -0.25) is 0 Å². The first kappa shape index (κ1) is 12.9. The van der Waals surface area contributed by atoms with Gasteiger partial charge in [0.1, 0.15) is 5.82 Å². The molecule has 5 heteroatoms. The highest BCUT2D eigenvalue weighted by Gasteiger charge is 2.22. The van der Waals surface area contributed by atoms with E-state index in [-0.39, 0.29) is 0 Å². The summed E-state index contributed by atoms with van der Waals surface area (Å²) in [5.74, 6) is 1.81. The molecule has 106 valence electrons. The van der Waals surface area contributed by atoms with Gasteiger partial charge in [-0.1, -0.05) is 0 Å². The molecule has 0 amide bonds. The van der Waals surface area contributed by atoms with Crippen LogP contribution in [0.1, 0.15) is 18.5 Å². The second-order valence-corrected chi connectivity index (χ2v) is 6.11. The first-order chi connectivity index (χ1) is 9.20. The molecule has 3 rings (SSSR count). The van der Waals surface area contributed by atoms with Gasteiger partial charge in [-0.25, -0.2) is 4.68 Å². The van der Waals surface area contributed by atoms with Crippen LogP contribution in [0.2, 0.25) is 0 Å². The van der Waals surface area contributed by atoms with Gasteiger partial charge < -0.3 is 15.5 Å². The van der Waals surface area contributed by atoms with Gasteiger partial charge in [0.2, 0.25) is 0 Å². The Morgan fingerprint density at radius 3 is 3.21 bits per heavy atom. The maximum absolute atomic E-state index is 4.53. The van der Waals surface area contributed by atoms with Gasteiger partial charge >= 0.3 is 0 Å². The van der Waals surface area contributed by atoms with Crippen molar-refractivity contribution < 1.29 is 0 Å². The number of anilines is 1. The van der Waals surface area contributed by atoms with Crippen molar-refractivity contribution in [3.8, 4) is 0 Å². The van der Waals surface area contributed by atoms with Crippen molar-refractivity contribution in [1.29, 1.82) is 0 Å². The molecule has 5 nitrogen and oxygen atoms in total. The van der Waals surface area contributed by atoms with Gasteiger partial charge in [0, 0.05) is 44.2 Å². The van der Waals surface area contributed by atoms with Crippen molar-refractivity contribution >= 4 is 5.82 Å². The van der Waals surface area contributed by atoms with Gasteiger partial charge in [-0.05, 0) is 33.4 Å². The highest BCUT2D eigenvalue weighted by Crippen LogP contribution is 2.18. The summed E-state index contributed by atoms with van der Waals surface area (Å²) >= 11 is 0. The molecule has 1 saturated heterocycles. The largest absolute Gasteiger partial charge is 0.370 e. The second kappa shape index (κ2) is 5.51. The lowest BCUT2D eigenvalue weighted by Gasteiger charge is -2.32. The minimum absolute atomic E-state index is 0.638. The minimum Gasteiger partial charge on any atom is -0.370 e. The standard InChI is InChI=1S/C14H25N5/c1-11-6-14-16-8-12(9-19(14)17-11)7-15-13-4-3-5-18(2)10-13/h6,12-13,15-16H,3-5,7-10H2,1-2H3. The van der Waals surface area contributed by atoms with Crippen LogP contribution in [0.3, 0.4) is 0 Å². The second-order valence-electron chi connectivity index (χ2n) is 6.11. The summed E-state index contributed by atoms with van der Waals surface area (Å²) in [6, 6.07) is 2.79. The molecular formula is C14H25N5. The zero-order chi connectivity index (χ0) is 13.2. The zero-order valence-corrected chi connectivity index (χ0v) is 12.0. The lowest BCUT2D eigenvalue weighted by atomic mass is 10.0. The fraction of sp³-hybridized carbons (Fsp3) is 0.786. The van der Waals surface area contributed by atoms with Crippen molar-refractivity contribution in [3.63, 3.8) is 0 Å². The summed E-state index contributed by atoms with van der Waals surface area (Å²) in [4.78, 5) is 2.43. The molecule has 3 heterocycles. The van der Waals surface area contributed by atoms with Crippen LogP contribution in [-0.2, 0) is 6.54 Å². The Balaban J connectivity index is 1.49. The molecule has 19 heavy (non-hydrogen) atoms. The Morgan fingerprint density at radius 2 is 2.37 bits per heavy atom. The highest BCUT2D eigenvalue weighted by atomic mass is 15.3. The number of nitrogens with one attached hydrogen (secondary N) is 2. The maximum Gasteiger partial charge on any atom is 0.124 e. The highest BCUT2D eigenvalue weighted by molar-refractivity contribution is 5.38. The van der Waals surface area contributed by atoms with Crippen LogP contribution in [0, 0.1) is 12.8 Å². The van der Waals surface area contributed by atoms with Crippen molar-refractivity contribution in [2.24, 2.45) is 5.92 Å². The van der Waals surface area contributed by atoms with Crippen molar-refractivity contribution in [2.45, 2.75) is 32.4 Å². The average molecular weight is 263 g/mol. The van der Waals surface area contributed by atoms with Crippen LogP contribution in [-0.4, -0.2) is 53.9 Å². The number of nitrogens with zero attached hydrogens (tertiary/aromatic N) is 3. The van der Waals surface area contributed by atoms with Gasteiger partial charge in [0.15, 0.2) is 0 Å². The summed E-state index contributed by atoms with van der Waals surface area (Å²) in [6.45, 7) is 7.67. The van der Waals surface area contributed by atoms with E-state index in [1.807, 2.05) is 0 Å². The van der Waals surface area contributed by atoms with Gasteiger partial charge in [-0.2, -0.15) is 5.10 Å². The molecule has 0 aliphatic carbocycles. The molecule has 1 aromatic rings. The lowest BCUT2D eigenvalue weighted by Crippen LogP contribution is -2.47. The molecule has 1 fully saturated rings. The van der Waals surface area contributed by atoms with Crippen LogP contribution in [0.5, 0.6) is 0 Å². The van der Waals surface area contributed by atoms with Crippen LogP contribution >= 0.6 is 0 Å². The van der Waals surface area contributed by atoms with Crippen LogP contribution in [0.25, 0.3) is 0 Å². The topological polar surface area (TPSA) is 45.1 Å². The SMILES string of the molecule is Cc1cc2n(n1)CC(CNC1CCCN(C)C1)CN2. The zero-order valence-electron chi connectivity index (χ0n) is 12.0. The predicted octanol–water partition coefficient (Wildman–Crippen LogP) is 0.917. The normalized spacial score (nSPS) is 27.9. The van der Waals surface area contributed by atoms with Gasteiger partial charge in [0.05, 0.1) is 5.69 Å². The number of piperidine rings is 1. The van der Waals surface area contributed by atoms with E-state index < -0.39 is 0 Å². The van der Waals surface area contributed by atoms with Gasteiger partial charge in [0.25, 0.3) is 0 Å². The third-order valence-corrected chi connectivity index (χ3v) is 4.22. The molecule has 2 aliphatic rings. The summed E-state index contributed by atoms with van der Waals surface area (Å²) < 4.78 is 2.11. The predicted molar refractivity (Wildman–Crippen MR) is 77.5 cm³/mol. The molecule has 1 aromatic heterocycles. The van der Waals surface area contributed by atoms with Crippen molar-refractivity contribution in [3.05, 3.63) is 11.8 Å². The van der Waals surface area contributed by atoms with E-state index >= 15 is 0 Å². The smallest absolute Gasteiger partial charge is 0.124 e. The Labute approximate surface area is 115 Å². The summed E-state index contributed by atoms with van der Waals surface area (Å²) in [5, 5.41) is 11.7. The quantitative estimate of drug-likeness (QED) is 0.851. The summed E-state index contributed by atoms with van der Waals surface area (Å²) in [6.07, 6.45) is 2.64. The Bertz CT molecular complexity index is 427. The van der Waals surface area contributed by atoms with E-state index in [9.17, 15) is 0 Å². The van der Waals surface area contributed by atoms with Crippen LogP contribution in [0.15, 0.2) is 6.07 Å². The van der Waals surface area contributed by atoms with Crippen molar-refractivity contribution in [1.82, 2.24) is 20.0 Å². The molecule has 2 aliphatic heterocycles. The van der Waals surface area contributed by atoms with E-state index in [2.05, 4.69) is 45.4 Å². The number of likely N-dealkylation sites (tertiary alicyclic amines) is 1. The molecule has 0 radical (unpaired) electrons. The van der Waals surface area contributed by atoms with Gasteiger partial charge in [-0.15, -0.1) is 0 Å². The van der Waals surface area contributed by atoms with E-state index in [0.717, 1.165) is 25.3 Å². The molecule has 0 spiro atoms. The average Bonchev–Trinajstić information content (AvgIpc) is 2.75. The van der Waals surface area contributed by atoms with E-state index in [4.69, 9.17) is 0 Å². The number of rotatable bonds is 3. The monoisotopic (exact) mass is 263 g/mol. The number of aryl methyl sites for hydroxylation is 1. The number of fused-ring (bicyclic) bond motifs is 1. The van der Waals surface area contributed by atoms with E-state index in [1.54, 1.807) is 0 Å². The molecule has 0 saturated carbocycles. The van der Waals surface area contributed by atoms with Crippen LogP contribution < -0.4 is 10.6 Å². The summed E-state index contributed by atoms with van der Waals surface area (Å²) in [7, 11) is 2.22. The molecule has 0 aromatic carbocycles. The lowest BCUT2D eigenvalue weighted by molar-refractivity contribution is 0.219. The van der Waals surface area contributed by atoms with Crippen LogP contribution in [0.4, 0.5) is 5.82 Å². The van der Waals surface area contributed by atoms with Crippen molar-refractivity contribution in [2.75, 3.05) is 38.5 Å². The fourth-order valence-corrected chi connectivity index (χ4v) is 3.19. The first-order valence-electron chi connectivity index (χ1n) is 7.41. The van der Waals surface area contributed by atoms with E-state index in [1.165, 1.54) is 31.7 Å². The Hall–Kier alpha value is -1.07. The fourth-order valence-electron chi connectivity index (χ4n) is 3.19. The number of aromatic nitrogens is 2. The summed E-state index contributed by atoms with van der Waals surface area (Å²) in [5.41, 5.74) is 1.10. The number of likely N-dealkylation sites (N-methyl/N-ethyl adjacent to an activating group) is 1. The third kappa shape index (κ3) is 3.09. The molecule has 2 unspecified atom stereocenters. The number of hydrogen-bond acceptors (Lipinski definition) is 4. The maximum atomic E-state index is 4.53. The first-order valence-corrected chi connectivity index (χ1v) is 7.41.